The molecule has 0 fully saturated rings. The highest BCUT2D eigenvalue weighted by Crippen LogP contribution is 2.45. The summed E-state index contributed by atoms with van der Waals surface area (Å²) in [6.07, 6.45) is 0.381. The minimum atomic E-state index is -0.00476. The molecule has 1 heterocycles. The van der Waals surface area contributed by atoms with Gasteiger partial charge in [-0.1, -0.05) is 54.6 Å². The van der Waals surface area contributed by atoms with Crippen LogP contribution < -0.4 is 10.1 Å². The second-order valence-electron chi connectivity index (χ2n) is 5.85. The van der Waals surface area contributed by atoms with Crippen molar-refractivity contribution < 1.29 is 9.53 Å². The summed E-state index contributed by atoms with van der Waals surface area (Å²) in [4.78, 5) is 12.5. The number of fused-ring (bicyclic) bond motifs is 2. The minimum Gasteiger partial charge on any atom is -0.457 e. The Morgan fingerprint density at radius 3 is 1.96 bits per heavy atom. The highest BCUT2D eigenvalue weighted by molar-refractivity contribution is 5.91. The molecule has 0 spiro atoms. The summed E-state index contributed by atoms with van der Waals surface area (Å²) in [7, 11) is 0. The van der Waals surface area contributed by atoms with Crippen molar-refractivity contribution in [3.05, 3.63) is 90.0 Å². The average Bonchev–Trinajstić information content (AvgIpc) is 2.62. The van der Waals surface area contributed by atoms with Crippen molar-refractivity contribution in [2.75, 3.05) is 5.32 Å². The summed E-state index contributed by atoms with van der Waals surface area (Å²) in [6.45, 7) is 0. The number of hydrogen-bond acceptors (Lipinski definition) is 2. The molecule has 1 N–H and O–H groups in total. The molecule has 3 aromatic rings. The lowest BCUT2D eigenvalue weighted by atomic mass is 9.85. The van der Waals surface area contributed by atoms with Crippen LogP contribution in [-0.2, 0) is 4.79 Å². The zero-order valence-corrected chi connectivity index (χ0v) is 13.1. The summed E-state index contributed by atoms with van der Waals surface area (Å²) < 4.78 is 5.98. The van der Waals surface area contributed by atoms with Crippen LogP contribution in [0.1, 0.15) is 23.5 Å². The summed E-state index contributed by atoms with van der Waals surface area (Å²) in [5, 5.41) is 2.97. The standard InChI is InChI=1S/C21H17NO2/c23-21(22-15-8-2-1-3-9-15)14-18-16-10-4-6-12-19(16)24-20-13-7-5-11-17(18)20/h1-13,18H,14H2,(H,22,23). The minimum absolute atomic E-state index is 0.00212. The van der Waals surface area contributed by atoms with E-state index in [9.17, 15) is 4.79 Å². The molecular formula is C21H17NO2. The number of carbonyl (C=O) groups excluding carboxylic acids is 1. The van der Waals surface area contributed by atoms with E-state index in [2.05, 4.69) is 5.32 Å². The van der Waals surface area contributed by atoms with E-state index < -0.39 is 0 Å². The maximum Gasteiger partial charge on any atom is 0.225 e. The second-order valence-corrected chi connectivity index (χ2v) is 5.85. The first kappa shape index (κ1) is 14.5. The van der Waals surface area contributed by atoms with Gasteiger partial charge in [0.15, 0.2) is 0 Å². The average molecular weight is 315 g/mol. The molecule has 3 heteroatoms. The number of carbonyl (C=O) groups is 1. The van der Waals surface area contributed by atoms with Crippen LogP contribution in [0, 0.1) is 0 Å². The number of ether oxygens (including phenoxy) is 1. The topological polar surface area (TPSA) is 38.3 Å². The zero-order chi connectivity index (χ0) is 16.4. The van der Waals surface area contributed by atoms with Gasteiger partial charge in [-0.05, 0) is 24.3 Å². The molecule has 0 aromatic heterocycles. The van der Waals surface area contributed by atoms with E-state index in [-0.39, 0.29) is 11.8 Å². The number of para-hydroxylation sites is 3. The molecule has 1 aliphatic rings. The Kier molecular flexibility index (Phi) is 3.75. The third-order valence-electron chi connectivity index (χ3n) is 4.26. The Morgan fingerprint density at radius 1 is 0.792 bits per heavy atom. The summed E-state index contributed by atoms with van der Waals surface area (Å²) in [5.74, 6) is 1.65. The van der Waals surface area contributed by atoms with E-state index in [1.165, 1.54) is 0 Å². The number of hydrogen-bond donors (Lipinski definition) is 1. The van der Waals surface area contributed by atoms with Crippen LogP contribution in [0.5, 0.6) is 11.5 Å². The van der Waals surface area contributed by atoms with Crippen LogP contribution in [0.2, 0.25) is 0 Å². The summed E-state index contributed by atoms with van der Waals surface area (Å²) in [6, 6.07) is 25.4. The number of anilines is 1. The van der Waals surface area contributed by atoms with Gasteiger partial charge in [0.2, 0.25) is 5.91 Å². The van der Waals surface area contributed by atoms with Gasteiger partial charge in [0.1, 0.15) is 11.5 Å². The highest BCUT2D eigenvalue weighted by atomic mass is 16.5. The Morgan fingerprint density at radius 2 is 1.33 bits per heavy atom. The van der Waals surface area contributed by atoms with Crippen LogP contribution in [0.25, 0.3) is 0 Å². The molecule has 0 saturated heterocycles. The number of nitrogens with one attached hydrogen (secondary N) is 1. The molecule has 3 nitrogen and oxygen atoms in total. The first-order chi connectivity index (χ1) is 11.8. The van der Waals surface area contributed by atoms with Crippen molar-refractivity contribution in [3.63, 3.8) is 0 Å². The number of rotatable bonds is 3. The molecular weight excluding hydrogens is 298 g/mol. The van der Waals surface area contributed by atoms with Gasteiger partial charge in [-0.3, -0.25) is 4.79 Å². The maximum atomic E-state index is 12.5. The normalized spacial score (nSPS) is 12.7. The zero-order valence-electron chi connectivity index (χ0n) is 13.1. The van der Waals surface area contributed by atoms with Crippen LogP contribution in [0.15, 0.2) is 78.9 Å². The predicted octanol–water partition coefficient (Wildman–Crippen LogP) is 4.95. The van der Waals surface area contributed by atoms with Gasteiger partial charge >= 0.3 is 0 Å². The summed E-state index contributed by atoms with van der Waals surface area (Å²) >= 11 is 0. The SMILES string of the molecule is O=C(CC1c2ccccc2Oc2ccccc21)Nc1ccccc1. The molecule has 0 unspecified atom stereocenters. The van der Waals surface area contributed by atoms with Gasteiger partial charge in [0.05, 0.1) is 0 Å². The van der Waals surface area contributed by atoms with Gasteiger partial charge < -0.3 is 10.1 Å². The largest absolute Gasteiger partial charge is 0.457 e. The van der Waals surface area contributed by atoms with Gasteiger partial charge in [-0.15, -0.1) is 0 Å². The molecule has 1 amide bonds. The number of benzene rings is 3. The van der Waals surface area contributed by atoms with Crippen LogP contribution in [0.3, 0.4) is 0 Å². The fraction of sp³-hybridized carbons (Fsp3) is 0.0952. The van der Waals surface area contributed by atoms with Crippen molar-refractivity contribution in [3.8, 4) is 11.5 Å². The van der Waals surface area contributed by atoms with Crippen molar-refractivity contribution in [1.82, 2.24) is 0 Å². The molecule has 0 aliphatic carbocycles. The molecule has 24 heavy (non-hydrogen) atoms. The molecule has 1 aliphatic heterocycles. The van der Waals surface area contributed by atoms with Crippen molar-refractivity contribution >= 4 is 11.6 Å². The van der Waals surface area contributed by atoms with E-state index in [1.54, 1.807) is 0 Å². The Balaban J connectivity index is 1.64. The van der Waals surface area contributed by atoms with E-state index in [4.69, 9.17) is 4.74 Å². The van der Waals surface area contributed by atoms with E-state index >= 15 is 0 Å². The fourth-order valence-corrected chi connectivity index (χ4v) is 3.15. The quantitative estimate of drug-likeness (QED) is 0.742. The molecule has 4 rings (SSSR count). The monoisotopic (exact) mass is 315 g/mol. The Bertz CT molecular complexity index is 828. The van der Waals surface area contributed by atoms with E-state index in [0.29, 0.717) is 6.42 Å². The molecule has 0 radical (unpaired) electrons. The summed E-state index contributed by atoms with van der Waals surface area (Å²) in [5.41, 5.74) is 2.93. The lowest BCUT2D eigenvalue weighted by molar-refractivity contribution is -0.116. The van der Waals surface area contributed by atoms with Gasteiger partial charge in [0, 0.05) is 29.2 Å². The second kappa shape index (κ2) is 6.20. The first-order valence-electron chi connectivity index (χ1n) is 8.02. The molecule has 0 saturated carbocycles. The van der Waals surface area contributed by atoms with Crippen LogP contribution in [0.4, 0.5) is 5.69 Å². The smallest absolute Gasteiger partial charge is 0.225 e. The van der Waals surface area contributed by atoms with Gasteiger partial charge in [0.25, 0.3) is 0 Å². The van der Waals surface area contributed by atoms with Gasteiger partial charge in [-0.2, -0.15) is 0 Å². The van der Waals surface area contributed by atoms with Crippen molar-refractivity contribution in [2.24, 2.45) is 0 Å². The molecule has 3 aromatic carbocycles. The molecule has 0 atom stereocenters. The van der Waals surface area contributed by atoms with Crippen molar-refractivity contribution in [1.29, 1.82) is 0 Å². The Labute approximate surface area is 140 Å². The fourth-order valence-electron chi connectivity index (χ4n) is 3.15. The lowest BCUT2D eigenvalue weighted by Crippen LogP contribution is -2.19. The third kappa shape index (κ3) is 2.76. The lowest BCUT2D eigenvalue weighted by Gasteiger charge is -2.27. The van der Waals surface area contributed by atoms with Crippen LogP contribution >= 0.6 is 0 Å². The Hall–Kier alpha value is -3.07. The van der Waals surface area contributed by atoms with Crippen LogP contribution in [-0.4, -0.2) is 5.91 Å². The molecule has 118 valence electrons. The maximum absolute atomic E-state index is 12.5. The number of amides is 1. The third-order valence-corrected chi connectivity index (χ3v) is 4.26. The predicted molar refractivity (Wildman–Crippen MR) is 94.5 cm³/mol. The molecule has 0 bridgehead atoms. The first-order valence-corrected chi connectivity index (χ1v) is 8.02. The highest BCUT2D eigenvalue weighted by Gasteiger charge is 2.28. The van der Waals surface area contributed by atoms with Gasteiger partial charge in [-0.25, -0.2) is 0 Å². The van der Waals surface area contributed by atoms with E-state index in [0.717, 1.165) is 28.3 Å². The van der Waals surface area contributed by atoms with Crippen molar-refractivity contribution in [2.45, 2.75) is 12.3 Å². The van der Waals surface area contributed by atoms with E-state index in [1.807, 2.05) is 78.9 Å².